The molecule has 1 N–H and O–H groups in total. The molecular formula is C16H13FN2O2S. The fourth-order valence-corrected chi connectivity index (χ4v) is 3.90. The molecule has 0 spiro atoms. The number of carbonyl (C=O) groups is 1. The molecule has 22 heavy (non-hydrogen) atoms. The monoisotopic (exact) mass is 316 g/mol. The van der Waals surface area contributed by atoms with Crippen LogP contribution in [0.15, 0.2) is 35.3 Å². The highest BCUT2D eigenvalue weighted by Gasteiger charge is 2.52. The second kappa shape index (κ2) is 4.47. The van der Waals surface area contributed by atoms with Gasteiger partial charge in [-0.05, 0) is 37.3 Å². The first kappa shape index (κ1) is 13.6. The van der Waals surface area contributed by atoms with Crippen LogP contribution in [-0.2, 0) is 0 Å². The smallest absolute Gasteiger partial charge is 0.205 e. The van der Waals surface area contributed by atoms with E-state index in [1.54, 1.807) is 23.1 Å². The molecule has 1 fully saturated rings. The Labute approximate surface area is 130 Å². The summed E-state index contributed by atoms with van der Waals surface area (Å²) in [6.45, 7) is 2.38. The maximum absolute atomic E-state index is 13.1. The number of hydrogen-bond acceptors (Lipinski definition) is 5. The molecule has 4 rings (SSSR count). The van der Waals surface area contributed by atoms with Crippen molar-refractivity contribution < 1.29 is 14.3 Å². The maximum Gasteiger partial charge on any atom is 0.205 e. The minimum Gasteiger partial charge on any atom is -0.374 e. The highest BCUT2D eigenvalue weighted by atomic mass is 32.1. The van der Waals surface area contributed by atoms with Gasteiger partial charge in [0.1, 0.15) is 10.8 Å². The largest absolute Gasteiger partial charge is 0.374 e. The third-order valence-corrected chi connectivity index (χ3v) is 5.07. The van der Waals surface area contributed by atoms with Crippen molar-refractivity contribution in [2.24, 2.45) is 4.99 Å². The topological polar surface area (TPSA) is 52.9 Å². The quantitative estimate of drug-likeness (QED) is 0.880. The fourth-order valence-electron chi connectivity index (χ4n) is 3.02. The van der Waals surface area contributed by atoms with Crippen molar-refractivity contribution in [3.05, 3.63) is 46.6 Å². The Balaban J connectivity index is 1.85. The Morgan fingerprint density at radius 3 is 2.82 bits per heavy atom. The van der Waals surface area contributed by atoms with E-state index in [9.17, 15) is 14.3 Å². The Bertz CT molecular complexity index is 812. The first-order chi connectivity index (χ1) is 10.5. The summed E-state index contributed by atoms with van der Waals surface area (Å²) in [6.07, 6.45) is 0.288. The Hall–Kier alpha value is -2.05. The second-order valence-electron chi connectivity index (χ2n) is 5.58. The number of aryl methyl sites for hydroxylation is 1. The van der Waals surface area contributed by atoms with Gasteiger partial charge in [-0.25, -0.2) is 9.38 Å². The van der Waals surface area contributed by atoms with Crippen molar-refractivity contribution >= 4 is 33.6 Å². The lowest BCUT2D eigenvalue weighted by Gasteiger charge is -2.28. The van der Waals surface area contributed by atoms with Crippen LogP contribution in [0.4, 0.5) is 15.1 Å². The molecule has 2 aromatic rings. The zero-order valence-corrected chi connectivity index (χ0v) is 12.7. The highest BCUT2D eigenvalue weighted by Crippen LogP contribution is 2.42. The highest BCUT2D eigenvalue weighted by molar-refractivity contribution is 7.16. The van der Waals surface area contributed by atoms with Crippen molar-refractivity contribution in [3.63, 3.8) is 0 Å². The number of aliphatic imine (C=N–C) groups is 1. The molecule has 0 amide bonds. The number of thiophene rings is 1. The van der Waals surface area contributed by atoms with E-state index >= 15 is 0 Å². The molecule has 1 aromatic heterocycles. The molecule has 2 aliphatic rings. The number of rotatable bonds is 1. The van der Waals surface area contributed by atoms with E-state index in [1.165, 1.54) is 23.5 Å². The molecule has 1 aromatic carbocycles. The standard InChI is InChI=1S/C16H13FN2O2S/c1-9-8-12-13(20)16(21)6-7-19(15(16)18-14(12)22-9)11-4-2-10(17)3-5-11/h2-5,8,21H,6-7H2,1H3. The predicted octanol–water partition coefficient (Wildman–Crippen LogP) is 3.06. The Kier molecular flexibility index (Phi) is 2.76. The zero-order chi connectivity index (χ0) is 15.5. The van der Waals surface area contributed by atoms with Crippen LogP contribution in [-0.4, -0.2) is 28.9 Å². The van der Waals surface area contributed by atoms with Crippen LogP contribution >= 0.6 is 11.3 Å². The van der Waals surface area contributed by atoms with Crippen LogP contribution in [0.25, 0.3) is 0 Å². The summed E-state index contributed by atoms with van der Waals surface area (Å²) in [4.78, 5) is 20.0. The lowest BCUT2D eigenvalue weighted by Crippen LogP contribution is -2.48. The number of anilines is 1. The lowest BCUT2D eigenvalue weighted by atomic mass is 9.90. The normalized spacial score (nSPS) is 23.3. The molecule has 1 saturated heterocycles. The van der Waals surface area contributed by atoms with Gasteiger partial charge in [-0.1, -0.05) is 0 Å². The van der Waals surface area contributed by atoms with Gasteiger partial charge in [-0.15, -0.1) is 11.3 Å². The van der Waals surface area contributed by atoms with Crippen molar-refractivity contribution in [1.29, 1.82) is 0 Å². The summed E-state index contributed by atoms with van der Waals surface area (Å²) in [7, 11) is 0. The van der Waals surface area contributed by atoms with E-state index in [2.05, 4.69) is 4.99 Å². The lowest BCUT2D eigenvalue weighted by molar-refractivity contribution is 0.0603. The van der Waals surface area contributed by atoms with Gasteiger partial charge in [0.05, 0.1) is 5.56 Å². The van der Waals surface area contributed by atoms with Crippen LogP contribution in [0.5, 0.6) is 0 Å². The van der Waals surface area contributed by atoms with Crippen molar-refractivity contribution in [2.45, 2.75) is 18.9 Å². The van der Waals surface area contributed by atoms with Gasteiger partial charge in [0, 0.05) is 23.5 Å². The molecule has 3 heterocycles. The van der Waals surface area contributed by atoms with Crippen LogP contribution in [0.3, 0.4) is 0 Å². The van der Waals surface area contributed by atoms with Gasteiger partial charge in [-0.2, -0.15) is 0 Å². The zero-order valence-electron chi connectivity index (χ0n) is 11.8. The van der Waals surface area contributed by atoms with Gasteiger partial charge in [-0.3, -0.25) is 4.79 Å². The molecular weight excluding hydrogens is 303 g/mol. The molecule has 0 radical (unpaired) electrons. The van der Waals surface area contributed by atoms with Crippen LogP contribution < -0.4 is 4.90 Å². The minimum absolute atomic E-state index is 0.288. The number of fused-ring (bicyclic) bond motifs is 2. The second-order valence-corrected chi connectivity index (χ2v) is 6.81. The van der Waals surface area contributed by atoms with E-state index in [0.29, 0.717) is 22.9 Å². The Morgan fingerprint density at radius 1 is 1.36 bits per heavy atom. The summed E-state index contributed by atoms with van der Waals surface area (Å²) < 4.78 is 13.1. The molecule has 0 saturated carbocycles. The molecule has 112 valence electrons. The van der Waals surface area contributed by atoms with Crippen LogP contribution in [0, 0.1) is 12.7 Å². The first-order valence-corrected chi connectivity index (χ1v) is 7.80. The van der Waals surface area contributed by atoms with Crippen molar-refractivity contribution in [2.75, 3.05) is 11.4 Å². The van der Waals surface area contributed by atoms with Crippen LogP contribution in [0.2, 0.25) is 0 Å². The average Bonchev–Trinajstić information content (AvgIpc) is 3.02. The van der Waals surface area contributed by atoms with Gasteiger partial charge < -0.3 is 10.0 Å². The van der Waals surface area contributed by atoms with E-state index < -0.39 is 5.60 Å². The van der Waals surface area contributed by atoms with Gasteiger partial charge >= 0.3 is 0 Å². The summed E-state index contributed by atoms with van der Waals surface area (Å²) in [5, 5.41) is 11.5. The minimum atomic E-state index is -1.57. The van der Waals surface area contributed by atoms with E-state index in [4.69, 9.17) is 0 Å². The molecule has 4 nitrogen and oxygen atoms in total. The molecule has 0 bridgehead atoms. The first-order valence-electron chi connectivity index (χ1n) is 6.99. The number of benzene rings is 1. The number of halogens is 1. The molecule has 1 unspecified atom stereocenters. The number of Topliss-reactive ketones (excluding diaryl/α,β-unsaturated/α-hetero) is 1. The molecule has 6 heteroatoms. The number of nitrogens with zero attached hydrogens (tertiary/aromatic N) is 2. The number of hydrogen-bond donors (Lipinski definition) is 1. The summed E-state index contributed by atoms with van der Waals surface area (Å²) >= 11 is 1.44. The average molecular weight is 316 g/mol. The fraction of sp³-hybridized carbons (Fsp3) is 0.250. The summed E-state index contributed by atoms with van der Waals surface area (Å²) in [6, 6.07) is 7.75. The van der Waals surface area contributed by atoms with E-state index in [-0.39, 0.29) is 18.0 Å². The van der Waals surface area contributed by atoms with E-state index in [0.717, 1.165) is 10.6 Å². The molecule has 1 atom stereocenters. The Morgan fingerprint density at radius 2 is 2.09 bits per heavy atom. The van der Waals surface area contributed by atoms with Gasteiger partial charge in [0.25, 0.3) is 0 Å². The number of amidine groups is 1. The van der Waals surface area contributed by atoms with Crippen molar-refractivity contribution in [1.82, 2.24) is 0 Å². The van der Waals surface area contributed by atoms with Gasteiger partial charge in [0.15, 0.2) is 11.4 Å². The molecule has 0 aliphatic carbocycles. The van der Waals surface area contributed by atoms with Crippen molar-refractivity contribution in [3.8, 4) is 0 Å². The third kappa shape index (κ3) is 1.77. The maximum atomic E-state index is 13.1. The van der Waals surface area contributed by atoms with Gasteiger partial charge in [0.2, 0.25) is 5.78 Å². The van der Waals surface area contributed by atoms with E-state index in [1.807, 2.05) is 6.92 Å². The SMILES string of the molecule is Cc1cc2c(s1)N=C1N(c3ccc(F)cc3)CCC1(O)C2=O. The molecule has 2 aliphatic heterocycles. The van der Waals surface area contributed by atoms with Crippen LogP contribution in [0.1, 0.15) is 21.7 Å². The number of aliphatic hydroxyl groups is 1. The summed E-state index contributed by atoms with van der Waals surface area (Å²) in [5.41, 5.74) is -0.357. The predicted molar refractivity (Wildman–Crippen MR) is 83.8 cm³/mol. The number of ketones is 1. The summed E-state index contributed by atoms with van der Waals surface area (Å²) in [5.74, 6) is -0.268. The third-order valence-electron chi connectivity index (χ3n) is 4.12. The number of carbonyl (C=O) groups excluding carboxylic acids is 1.